The average molecular weight is 492 g/mol. The van der Waals surface area contributed by atoms with Crippen molar-refractivity contribution in [2.75, 3.05) is 0 Å². The van der Waals surface area contributed by atoms with Crippen LogP contribution in [0.2, 0.25) is 5.02 Å². The van der Waals surface area contributed by atoms with Crippen molar-refractivity contribution in [1.29, 1.82) is 0 Å². The molecule has 0 saturated carbocycles. The first-order valence-corrected chi connectivity index (χ1v) is 11.1. The van der Waals surface area contributed by atoms with Crippen LogP contribution in [0.4, 0.5) is 10.1 Å². The van der Waals surface area contributed by atoms with Gasteiger partial charge in [-0.1, -0.05) is 45.7 Å². The molecule has 0 amide bonds. The molecular weight excluding hydrogens is 475 g/mol. The lowest BCUT2D eigenvalue weighted by atomic mass is 10.2. The molecule has 0 N–H and O–H groups in total. The number of hydrogen-bond donors (Lipinski definition) is 0. The van der Waals surface area contributed by atoms with Crippen molar-refractivity contribution in [3.63, 3.8) is 0 Å². The van der Waals surface area contributed by atoms with Crippen molar-refractivity contribution < 1.29 is 4.39 Å². The van der Waals surface area contributed by atoms with Gasteiger partial charge in [0.15, 0.2) is 4.80 Å². The fourth-order valence-electron chi connectivity index (χ4n) is 3.01. The van der Waals surface area contributed by atoms with Gasteiger partial charge in [0, 0.05) is 47.0 Å². The summed E-state index contributed by atoms with van der Waals surface area (Å²) in [6, 6.07) is 12.7. The zero-order chi connectivity index (χ0) is 20.2. The topological polar surface area (TPSA) is 35.1 Å². The predicted molar refractivity (Wildman–Crippen MR) is 119 cm³/mol. The molecule has 2 aromatic heterocycles. The molecule has 0 saturated heterocycles. The molecule has 0 spiro atoms. The molecule has 4 aromatic rings. The summed E-state index contributed by atoms with van der Waals surface area (Å²) in [5, 5.41) is 2.18. The normalized spacial score (nSPS) is 11.9. The molecule has 2 aromatic carbocycles. The molecule has 4 nitrogen and oxygen atoms in total. The molecule has 0 unspecified atom stereocenters. The first-order valence-electron chi connectivity index (χ1n) is 9.00. The monoisotopic (exact) mass is 490 g/mol. The second-order valence-electron chi connectivity index (χ2n) is 6.40. The number of benzene rings is 2. The summed E-state index contributed by atoms with van der Waals surface area (Å²) in [7, 11) is 0. The Kier molecular flexibility index (Phi) is 6.28. The third kappa shape index (κ3) is 4.69. The number of halogens is 3. The van der Waals surface area contributed by atoms with Crippen molar-refractivity contribution in [3.05, 3.63) is 86.7 Å². The average Bonchev–Trinajstić information content (AvgIpc) is 3.36. The Balaban J connectivity index is 1.73. The van der Waals surface area contributed by atoms with Crippen LogP contribution in [0.5, 0.6) is 0 Å². The second-order valence-corrected chi connectivity index (χ2v) is 8.50. The Morgan fingerprint density at radius 1 is 1.17 bits per heavy atom. The van der Waals surface area contributed by atoms with Crippen molar-refractivity contribution in [1.82, 2.24) is 14.1 Å². The van der Waals surface area contributed by atoms with Gasteiger partial charge >= 0.3 is 0 Å². The lowest BCUT2D eigenvalue weighted by Gasteiger charge is -2.11. The smallest absolute Gasteiger partial charge is 0.190 e. The van der Waals surface area contributed by atoms with E-state index in [1.54, 1.807) is 12.3 Å². The van der Waals surface area contributed by atoms with E-state index in [0.29, 0.717) is 5.69 Å². The van der Waals surface area contributed by atoms with E-state index < -0.39 is 5.82 Å². The molecule has 0 aliphatic rings. The van der Waals surface area contributed by atoms with Crippen LogP contribution in [-0.2, 0) is 13.1 Å². The maximum Gasteiger partial charge on any atom is 0.190 e. The molecule has 0 bridgehead atoms. The molecule has 4 rings (SSSR count). The van der Waals surface area contributed by atoms with Gasteiger partial charge < -0.3 is 9.13 Å². The molecule has 29 heavy (non-hydrogen) atoms. The Bertz CT molecular complexity index is 1180. The van der Waals surface area contributed by atoms with Crippen molar-refractivity contribution in [2.24, 2.45) is 4.99 Å². The fraction of sp³-hybridized carbons (Fsp3) is 0.143. The van der Waals surface area contributed by atoms with E-state index in [0.717, 1.165) is 40.0 Å². The van der Waals surface area contributed by atoms with Gasteiger partial charge in [-0.15, -0.1) is 11.3 Å². The minimum absolute atomic E-state index is 0.0947. The molecule has 0 fully saturated rings. The highest BCUT2D eigenvalue weighted by atomic mass is 79.9. The summed E-state index contributed by atoms with van der Waals surface area (Å²) in [5.41, 5.74) is 2.70. The zero-order valence-electron chi connectivity index (χ0n) is 15.3. The summed E-state index contributed by atoms with van der Waals surface area (Å²) in [4.78, 5) is 9.58. The van der Waals surface area contributed by atoms with Gasteiger partial charge in [-0.25, -0.2) is 14.4 Å². The number of thiazole rings is 1. The fourth-order valence-corrected chi connectivity index (χ4v) is 4.57. The SMILES string of the molecule is Fc1cc(N=c2scc(-c3ccccc3Br)n2CCCn2ccnc2)ccc1Cl. The van der Waals surface area contributed by atoms with E-state index in [2.05, 4.69) is 46.5 Å². The highest BCUT2D eigenvalue weighted by Gasteiger charge is 2.11. The van der Waals surface area contributed by atoms with Crippen LogP contribution in [0.1, 0.15) is 6.42 Å². The van der Waals surface area contributed by atoms with Crippen LogP contribution in [0.25, 0.3) is 11.3 Å². The molecule has 0 aliphatic carbocycles. The van der Waals surface area contributed by atoms with Crippen LogP contribution in [0.15, 0.2) is 76.0 Å². The van der Waals surface area contributed by atoms with Gasteiger partial charge in [-0.05, 0) is 24.6 Å². The summed E-state index contributed by atoms with van der Waals surface area (Å²) >= 11 is 11.0. The highest BCUT2D eigenvalue weighted by Crippen LogP contribution is 2.29. The Morgan fingerprint density at radius 3 is 2.79 bits per heavy atom. The summed E-state index contributed by atoms with van der Waals surface area (Å²) < 4.78 is 19.1. The first kappa shape index (κ1) is 20.1. The van der Waals surface area contributed by atoms with Gasteiger partial charge in [-0.3, -0.25) is 0 Å². The Morgan fingerprint density at radius 2 is 2.03 bits per heavy atom. The third-order valence-corrected chi connectivity index (χ3v) is 6.29. The van der Waals surface area contributed by atoms with Gasteiger partial charge in [0.2, 0.25) is 0 Å². The zero-order valence-corrected chi connectivity index (χ0v) is 18.5. The number of rotatable bonds is 6. The lowest BCUT2D eigenvalue weighted by molar-refractivity contribution is 0.559. The minimum Gasteiger partial charge on any atom is -0.337 e. The first-order chi connectivity index (χ1) is 14.1. The van der Waals surface area contributed by atoms with Gasteiger partial charge in [0.1, 0.15) is 5.82 Å². The largest absolute Gasteiger partial charge is 0.337 e. The second kappa shape index (κ2) is 9.07. The predicted octanol–water partition coefficient (Wildman–Crippen LogP) is 6.29. The quantitative estimate of drug-likeness (QED) is 0.312. The van der Waals surface area contributed by atoms with Gasteiger partial charge in [0.25, 0.3) is 0 Å². The lowest BCUT2D eigenvalue weighted by Crippen LogP contribution is -2.17. The molecule has 148 valence electrons. The van der Waals surface area contributed by atoms with Crippen molar-refractivity contribution >= 4 is 44.6 Å². The summed E-state index contributed by atoms with van der Waals surface area (Å²) in [6.45, 7) is 1.63. The maximum atomic E-state index is 13.9. The van der Waals surface area contributed by atoms with Crippen molar-refractivity contribution in [3.8, 4) is 11.3 Å². The molecule has 0 aliphatic heterocycles. The molecular formula is C21H17BrClFN4S. The van der Waals surface area contributed by atoms with Gasteiger partial charge in [-0.2, -0.15) is 0 Å². The minimum atomic E-state index is -0.470. The van der Waals surface area contributed by atoms with E-state index >= 15 is 0 Å². The molecule has 2 heterocycles. The summed E-state index contributed by atoms with van der Waals surface area (Å²) in [6.07, 6.45) is 6.45. The van der Waals surface area contributed by atoms with E-state index in [1.807, 2.05) is 30.7 Å². The number of nitrogens with zero attached hydrogens (tertiary/aromatic N) is 4. The standard InChI is InChI=1S/C21H17BrClFN4S/c22-17-5-2-1-4-16(17)20-13-29-21(26-15-6-7-18(23)19(24)12-15)28(20)10-3-9-27-11-8-25-14-27/h1-2,4-8,11-14H,3,9-10H2. The van der Waals surface area contributed by atoms with E-state index in [9.17, 15) is 4.39 Å². The van der Waals surface area contributed by atoms with Crippen LogP contribution < -0.4 is 4.80 Å². The third-order valence-electron chi connectivity index (χ3n) is 4.43. The summed E-state index contributed by atoms with van der Waals surface area (Å²) in [5.74, 6) is -0.470. The Labute approximate surface area is 185 Å². The van der Waals surface area contributed by atoms with Crippen LogP contribution >= 0.6 is 38.9 Å². The number of imidazole rings is 1. The number of aromatic nitrogens is 3. The van der Waals surface area contributed by atoms with Gasteiger partial charge in [0.05, 0.1) is 22.7 Å². The maximum absolute atomic E-state index is 13.9. The highest BCUT2D eigenvalue weighted by molar-refractivity contribution is 9.10. The van der Waals surface area contributed by atoms with Crippen LogP contribution in [-0.4, -0.2) is 14.1 Å². The Hall–Kier alpha value is -2.22. The molecule has 8 heteroatoms. The molecule has 0 radical (unpaired) electrons. The molecule has 0 atom stereocenters. The number of aryl methyl sites for hydroxylation is 1. The number of hydrogen-bond acceptors (Lipinski definition) is 3. The van der Waals surface area contributed by atoms with E-state index in [-0.39, 0.29) is 5.02 Å². The van der Waals surface area contributed by atoms with Crippen LogP contribution in [0, 0.1) is 5.82 Å². The van der Waals surface area contributed by atoms with E-state index in [4.69, 9.17) is 11.6 Å². The van der Waals surface area contributed by atoms with Crippen molar-refractivity contribution in [2.45, 2.75) is 19.5 Å². The van der Waals surface area contributed by atoms with Crippen LogP contribution in [0.3, 0.4) is 0 Å². The van der Waals surface area contributed by atoms with E-state index in [1.165, 1.54) is 23.5 Å².